The highest BCUT2D eigenvalue weighted by Gasteiger charge is 2.02. The molecule has 5 heteroatoms. The molecule has 0 radical (unpaired) electrons. The van der Waals surface area contributed by atoms with Crippen LogP contribution >= 0.6 is 11.6 Å². The topological polar surface area (TPSA) is 58.0 Å². The van der Waals surface area contributed by atoms with E-state index in [4.69, 9.17) is 16.7 Å². The number of nitrogens with one attached hydrogen (secondary N) is 1. The minimum Gasteiger partial charge on any atom is -0.502 e. The first-order valence-electron chi connectivity index (χ1n) is 3.93. The number of aromatic nitrogens is 2. The van der Waals surface area contributed by atoms with Gasteiger partial charge in [0.2, 0.25) is 5.75 Å². The van der Waals surface area contributed by atoms with E-state index < -0.39 is 5.56 Å². The van der Waals surface area contributed by atoms with Crippen LogP contribution < -0.4 is 5.56 Å². The first-order valence-corrected chi connectivity index (χ1v) is 4.31. The van der Waals surface area contributed by atoms with Crippen molar-refractivity contribution in [3.63, 3.8) is 0 Å². The summed E-state index contributed by atoms with van der Waals surface area (Å²) in [7, 11) is 0. The molecular formula is C9H7ClN2O2. The highest BCUT2D eigenvalue weighted by molar-refractivity contribution is 6.30. The van der Waals surface area contributed by atoms with Crippen LogP contribution in [0.5, 0.6) is 5.75 Å². The largest absolute Gasteiger partial charge is 0.502 e. The predicted molar refractivity (Wildman–Crippen MR) is 53.1 cm³/mol. The van der Waals surface area contributed by atoms with Gasteiger partial charge in [0.25, 0.3) is 0 Å². The van der Waals surface area contributed by atoms with E-state index in [1.165, 1.54) is 10.9 Å². The molecule has 0 spiro atoms. The molecule has 0 amide bonds. The first kappa shape index (κ1) is 8.90. The van der Waals surface area contributed by atoms with E-state index in [1.54, 1.807) is 24.3 Å². The molecule has 2 aromatic rings. The minimum absolute atomic E-state index is 0.315. The lowest BCUT2D eigenvalue weighted by Gasteiger charge is -2.00. The van der Waals surface area contributed by atoms with Gasteiger partial charge in [-0.1, -0.05) is 17.7 Å². The van der Waals surface area contributed by atoms with Crippen molar-refractivity contribution in [2.75, 3.05) is 0 Å². The van der Waals surface area contributed by atoms with E-state index in [0.717, 1.165) is 0 Å². The molecule has 14 heavy (non-hydrogen) atoms. The first-order chi connectivity index (χ1) is 6.66. The SMILES string of the molecule is O=c1[nH]n(-c2cccc(Cl)c2)cc1O. The highest BCUT2D eigenvalue weighted by atomic mass is 35.5. The minimum atomic E-state index is -0.523. The highest BCUT2D eigenvalue weighted by Crippen LogP contribution is 2.14. The van der Waals surface area contributed by atoms with Crippen molar-refractivity contribution in [2.45, 2.75) is 0 Å². The zero-order chi connectivity index (χ0) is 10.1. The summed E-state index contributed by atoms with van der Waals surface area (Å²) in [6.45, 7) is 0. The summed E-state index contributed by atoms with van der Waals surface area (Å²) in [4.78, 5) is 10.9. The van der Waals surface area contributed by atoms with Gasteiger partial charge in [-0.05, 0) is 18.2 Å². The number of aromatic hydroxyl groups is 1. The van der Waals surface area contributed by atoms with Crippen LogP contribution in [-0.4, -0.2) is 14.9 Å². The lowest BCUT2D eigenvalue weighted by Crippen LogP contribution is -2.03. The normalized spacial score (nSPS) is 10.4. The molecule has 0 saturated heterocycles. The Morgan fingerprint density at radius 3 is 2.79 bits per heavy atom. The zero-order valence-corrected chi connectivity index (χ0v) is 7.82. The Labute approximate surface area is 84.4 Å². The molecule has 2 rings (SSSR count). The number of aromatic amines is 1. The third-order valence-electron chi connectivity index (χ3n) is 1.79. The van der Waals surface area contributed by atoms with E-state index in [0.29, 0.717) is 10.7 Å². The average molecular weight is 211 g/mol. The molecule has 1 heterocycles. The van der Waals surface area contributed by atoms with Gasteiger partial charge in [0.05, 0.1) is 11.9 Å². The van der Waals surface area contributed by atoms with E-state index in [2.05, 4.69) is 5.10 Å². The zero-order valence-electron chi connectivity index (χ0n) is 7.07. The van der Waals surface area contributed by atoms with Gasteiger partial charge >= 0.3 is 5.56 Å². The van der Waals surface area contributed by atoms with Gasteiger partial charge in [-0.25, -0.2) is 0 Å². The third-order valence-corrected chi connectivity index (χ3v) is 2.03. The van der Waals surface area contributed by atoms with Gasteiger partial charge < -0.3 is 5.11 Å². The van der Waals surface area contributed by atoms with Crippen LogP contribution in [-0.2, 0) is 0 Å². The number of hydrogen-bond acceptors (Lipinski definition) is 2. The number of rotatable bonds is 1. The molecule has 72 valence electrons. The molecule has 0 bridgehead atoms. The molecular weight excluding hydrogens is 204 g/mol. The maximum absolute atomic E-state index is 10.9. The number of halogens is 1. The summed E-state index contributed by atoms with van der Waals surface area (Å²) in [5.41, 5.74) is 0.167. The number of nitrogens with zero attached hydrogens (tertiary/aromatic N) is 1. The van der Waals surface area contributed by atoms with Crippen molar-refractivity contribution >= 4 is 11.6 Å². The Balaban J connectivity index is 2.54. The van der Waals surface area contributed by atoms with Crippen LogP contribution in [0.4, 0.5) is 0 Å². The van der Waals surface area contributed by atoms with Gasteiger partial charge in [0.15, 0.2) is 0 Å². The summed E-state index contributed by atoms with van der Waals surface area (Å²) in [6, 6.07) is 6.93. The number of H-pyrrole nitrogens is 1. The van der Waals surface area contributed by atoms with E-state index in [-0.39, 0.29) is 5.75 Å². The second-order valence-corrected chi connectivity index (χ2v) is 3.24. The molecule has 2 N–H and O–H groups in total. The van der Waals surface area contributed by atoms with Crippen molar-refractivity contribution < 1.29 is 5.11 Å². The maximum atomic E-state index is 10.9. The van der Waals surface area contributed by atoms with Gasteiger partial charge in [-0.2, -0.15) is 0 Å². The van der Waals surface area contributed by atoms with Crippen molar-refractivity contribution in [2.24, 2.45) is 0 Å². The Hall–Kier alpha value is -1.68. The molecule has 0 fully saturated rings. The van der Waals surface area contributed by atoms with Crippen LogP contribution in [0.25, 0.3) is 5.69 Å². The van der Waals surface area contributed by atoms with Crippen molar-refractivity contribution in [3.8, 4) is 11.4 Å². The Bertz CT molecular complexity index is 516. The second kappa shape index (κ2) is 3.23. The van der Waals surface area contributed by atoms with Crippen LogP contribution in [0.2, 0.25) is 5.02 Å². The quantitative estimate of drug-likeness (QED) is 0.750. The molecule has 1 aromatic carbocycles. The molecule has 0 aliphatic heterocycles. The molecule has 0 unspecified atom stereocenters. The Morgan fingerprint density at radius 1 is 1.43 bits per heavy atom. The monoisotopic (exact) mass is 210 g/mol. The maximum Gasteiger partial charge on any atom is 0.306 e. The fraction of sp³-hybridized carbons (Fsp3) is 0. The molecule has 1 aromatic heterocycles. The fourth-order valence-corrected chi connectivity index (χ4v) is 1.33. The van der Waals surface area contributed by atoms with Gasteiger partial charge in [0.1, 0.15) is 0 Å². The standard InChI is InChI=1S/C9H7ClN2O2/c10-6-2-1-3-7(4-6)12-5-8(13)9(14)11-12/h1-5,13H,(H,11,14). The Morgan fingerprint density at radius 2 is 2.21 bits per heavy atom. The van der Waals surface area contributed by atoms with Gasteiger partial charge in [0, 0.05) is 5.02 Å². The summed E-state index contributed by atoms with van der Waals surface area (Å²) >= 11 is 5.77. The predicted octanol–water partition coefficient (Wildman–Crippen LogP) is 1.52. The van der Waals surface area contributed by atoms with E-state index in [9.17, 15) is 4.79 Å². The second-order valence-electron chi connectivity index (χ2n) is 2.81. The average Bonchev–Trinajstić information content (AvgIpc) is 2.47. The molecule has 4 nitrogen and oxygen atoms in total. The number of benzene rings is 1. The van der Waals surface area contributed by atoms with E-state index in [1.807, 2.05) is 0 Å². The van der Waals surface area contributed by atoms with Crippen molar-refractivity contribution in [1.82, 2.24) is 9.78 Å². The summed E-state index contributed by atoms with van der Waals surface area (Å²) in [5, 5.41) is 12.1. The lowest BCUT2D eigenvalue weighted by atomic mass is 10.3. The molecule has 0 saturated carbocycles. The van der Waals surface area contributed by atoms with Crippen molar-refractivity contribution in [1.29, 1.82) is 0 Å². The van der Waals surface area contributed by atoms with Crippen LogP contribution in [0.3, 0.4) is 0 Å². The van der Waals surface area contributed by atoms with E-state index >= 15 is 0 Å². The van der Waals surface area contributed by atoms with Crippen LogP contribution in [0.1, 0.15) is 0 Å². The lowest BCUT2D eigenvalue weighted by molar-refractivity contribution is 0.470. The summed E-state index contributed by atoms with van der Waals surface area (Å²) in [6.07, 6.45) is 1.30. The molecule has 0 atom stereocenters. The van der Waals surface area contributed by atoms with Crippen LogP contribution in [0, 0.1) is 0 Å². The van der Waals surface area contributed by atoms with Gasteiger partial charge in [-0.3, -0.25) is 14.6 Å². The molecule has 0 aliphatic carbocycles. The van der Waals surface area contributed by atoms with Gasteiger partial charge in [-0.15, -0.1) is 0 Å². The molecule has 0 aliphatic rings. The smallest absolute Gasteiger partial charge is 0.306 e. The third kappa shape index (κ3) is 1.52. The fourth-order valence-electron chi connectivity index (χ4n) is 1.14. The Kier molecular flexibility index (Phi) is 2.05. The van der Waals surface area contributed by atoms with Crippen molar-refractivity contribution in [3.05, 3.63) is 45.8 Å². The number of hydrogen-bond donors (Lipinski definition) is 2. The summed E-state index contributed by atoms with van der Waals surface area (Å²) < 4.78 is 1.41. The van der Waals surface area contributed by atoms with Crippen LogP contribution in [0.15, 0.2) is 35.3 Å². The summed E-state index contributed by atoms with van der Waals surface area (Å²) in [5.74, 6) is -0.315.